The van der Waals surface area contributed by atoms with E-state index in [1.807, 2.05) is 5.38 Å². The number of carbonyl (C=O) groups is 1. The Morgan fingerprint density at radius 3 is 2.65 bits per heavy atom. The van der Waals surface area contributed by atoms with Crippen molar-refractivity contribution in [1.29, 1.82) is 0 Å². The molecule has 0 fully saturated rings. The monoisotopic (exact) mass is 255 g/mol. The molecule has 17 heavy (non-hydrogen) atoms. The standard InChI is InChI=1S/C12H21N3OS/c1-4-9(5-2)8(3)14-11(16)6-10-7-17-12(13)15-10/h7-9H,4-6H2,1-3H3,(H2,13,15)(H,14,16). The lowest BCUT2D eigenvalue weighted by Crippen LogP contribution is -2.38. The summed E-state index contributed by atoms with van der Waals surface area (Å²) >= 11 is 1.37. The molecule has 0 aliphatic heterocycles. The summed E-state index contributed by atoms with van der Waals surface area (Å²) in [5.41, 5.74) is 6.27. The highest BCUT2D eigenvalue weighted by Crippen LogP contribution is 2.14. The fourth-order valence-corrected chi connectivity index (χ4v) is 2.55. The largest absolute Gasteiger partial charge is 0.375 e. The second-order valence-corrected chi connectivity index (χ2v) is 5.18. The van der Waals surface area contributed by atoms with Crippen molar-refractivity contribution in [2.45, 2.75) is 46.1 Å². The minimum Gasteiger partial charge on any atom is -0.375 e. The third-order valence-electron chi connectivity index (χ3n) is 3.06. The first kappa shape index (κ1) is 14.0. The molecule has 1 aromatic heterocycles. The van der Waals surface area contributed by atoms with Gasteiger partial charge in [-0.1, -0.05) is 26.7 Å². The Morgan fingerprint density at radius 2 is 2.18 bits per heavy atom. The number of nitrogens with zero attached hydrogens (tertiary/aromatic N) is 1. The summed E-state index contributed by atoms with van der Waals surface area (Å²) in [6.07, 6.45) is 2.49. The molecule has 96 valence electrons. The van der Waals surface area contributed by atoms with Crippen molar-refractivity contribution in [3.05, 3.63) is 11.1 Å². The Bertz CT molecular complexity index is 360. The molecule has 0 aromatic carbocycles. The number of nitrogen functional groups attached to an aromatic ring is 1. The zero-order chi connectivity index (χ0) is 12.8. The van der Waals surface area contributed by atoms with Gasteiger partial charge in [0.25, 0.3) is 0 Å². The van der Waals surface area contributed by atoms with Crippen molar-refractivity contribution in [3.63, 3.8) is 0 Å². The summed E-state index contributed by atoms with van der Waals surface area (Å²) in [5.74, 6) is 0.564. The first-order chi connectivity index (χ1) is 8.06. The number of rotatable bonds is 6. The molecule has 1 heterocycles. The lowest BCUT2D eigenvalue weighted by molar-refractivity contribution is -0.121. The van der Waals surface area contributed by atoms with Crippen LogP contribution >= 0.6 is 11.3 Å². The molecule has 0 aliphatic rings. The molecule has 1 unspecified atom stereocenters. The van der Waals surface area contributed by atoms with Crippen molar-refractivity contribution in [2.75, 3.05) is 5.73 Å². The number of hydrogen-bond donors (Lipinski definition) is 2. The predicted molar refractivity (Wildman–Crippen MR) is 71.9 cm³/mol. The molecule has 0 spiro atoms. The van der Waals surface area contributed by atoms with Gasteiger partial charge in [-0.3, -0.25) is 4.79 Å². The average Bonchev–Trinajstić information content (AvgIpc) is 2.65. The van der Waals surface area contributed by atoms with E-state index >= 15 is 0 Å². The maximum absolute atomic E-state index is 11.8. The zero-order valence-electron chi connectivity index (χ0n) is 10.7. The van der Waals surface area contributed by atoms with Crippen molar-refractivity contribution in [1.82, 2.24) is 10.3 Å². The van der Waals surface area contributed by atoms with Crippen LogP contribution in [-0.2, 0) is 11.2 Å². The van der Waals surface area contributed by atoms with E-state index in [0.29, 0.717) is 17.5 Å². The maximum atomic E-state index is 11.8. The quantitative estimate of drug-likeness (QED) is 0.819. The SMILES string of the molecule is CCC(CC)C(C)NC(=O)Cc1csc(N)n1. The van der Waals surface area contributed by atoms with E-state index in [9.17, 15) is 4.79 Å². The minimum atomic E-state index is 0.0229. The van der Waals surface area contributed by atoms with E-state index in [4.69, 9.17) is 5.73 Å². The molecular weight excluding hydrogens is 234 g/mol. The van der Waals surface area contributed by atoms with Crippen LogP contribution in [0, 0.1) is 5.92 Å². The molecule has 0 saturated heterocycles. The topological polar surface area (TPSA) is 68.0 Å². The maximum Gasteiger partial charge on any atom is 0.226 e. The first-order valence-electron chi connectivity index (χ1n) is 6.06. The van der Waals surface area contributed by atoms with Crippen LogP contribution in [-0.4, -0.2) is 16.9 Å². The fraction of sp³-hybridized carbons (Fsp3) is 0.667. The van der Waals surface area contributed by atoms with Crippen molar-refractivity contribution in [2.24, 2.45) is 5.92 Å². The molecule has 0 radical (unpaired) electrons. The third-order valence-corrected chi connectivity index (χ3v) is 3.78. The zero-order valence-corrected chi connectivity index (χ0v) is 11.5. The van der Waals surface area contributed by atoms with E-state index in [0.717, 1.165) is 18.5 Å². The Labute approximate surface area is 107 Å². The number of anilines is 1. The molecule has 1 atom stereocenters. The Kier molecular flexibility index (Phi) is 5.41. The van der Waals surface area contributed by atoms with E-state index in [-0.39, 0.29) is 11.9 Å². The number of nitrogens with two attached hydrogens (primary N) is 1. The lowest BCUT2D eigenvalue weighted by Gasteiger charge is -2.22. The first-order valence-corrected chi connectivity index (χ1v) is 6.94. The summed E-state index contributed by atoms with van der Waals surface area (Å²) in [6, 6.07) is 0.216. The third kappa shape index (κ3) is 4.34. The smallest absolute Gasteiger partial charge is 0.226 e. The number of hydrogen-bond acceptors (Lipinski definition) is 4. The Balaban J connectivity index is 2.44. The van der Waals surface area contributed by atoms with Gasteiger partial charge in [-0.05, 0) is 12.8 Å². The van der Waals surface area contributed by atoms with Crippen LogP contribution < -0.4 is 11.1 Å². The van der Waals surface area contributed by atoms with Gasteiger partial charge in [-0.2, -0.15) is 0 Å². The summed E-state index contributed by atoms with van der Waals surface area (Å²) in [7, 11) is 0. The summed E-state index contributed by atoms with van der Waals surface area (Å²) in [5, 5.41) is 5.37. The van der Waals surface area contributed by atoms with Crippen molar-refractivity contribution >= 4 is 22.4 Å². The van der Waals surface area contributed by atoms with Gasteiger partial charge in [-0.25, -0.2) is 4.98 Å². The number of thiazole rings is 1. The van der Waals surface area contributed by atoms with Gasteiger partial charge < -0.3 is 11.1 Å². The molecule has 1 aromatic rings. The van der Waals surface area contributed by atoms with Crippen molar-refractivity contribution < 1.29 is 4.79 Å². The van der Waals surface area contributed by atoms with Crippen LogP contribution in [0.2, 0.25) is 0 Å². The van der Waals surface area contributed by atoms with Crippen LogP contribution in [0.15, 0.2) is 5.38 Å². The van der Waals surface area contributed by atoms with Gasteiger partial charge in [0.05, 0.1) is 12.1 Å². The van der Waals surface area contributed by atoms with Crippen LogP contribution in [0.25, 0.3) is 0 Å². The Morgan fingerprint density at radius 1 is 1.53 bits per heavy atom. The fourth-order valence-electron chi connectivity index (χ4n) is 1.99. The van der Waals surface area contributed by atoms with E-state index in [1.165, 1.54) is 11.3 Å². The van der Waals surface area contributed by atoms with E-state index in [1.54, 1.807) is 0 Å². The van der Waals surface area contributed by atoms with Crippen molar-refractivity contribution in [3.8, 4) is 0 Å². The van der Waals surface area contributed by atoms with Gasteiger partial charge in [-0.15, -0.1) is 11.3 Å². The van der Waals surface area contributed by atoms with E-state index < -0.39 is 0 Å². The van der Waals surface area contributed by atoms with Gasteiger partial charge >= 0.3 is 0 Å². The second-order valence-electron chi connectivity index (χ2n) is 4.29. The molecule has 4 nitrogen and oxygen atoms in total. The van der Waals surface area contributed by atoms with Crippen LogP contribution in [0.5, 0.6) is 0 Å². The van der Waals surface area contributed by atoms with Gasteiger partial charge in [0.1, 0.15) is 0 Å². The number of amides is 1. The highest BCUT2D eigenvalue weighted by Gasteiger charge is 2.16. The molecule has 1 rings (SSSR count). The number of aromatic nitrogens is 1. The summed E-state index contributed by atoms with van der Waals surface area (Å²) in [4.78, 5) is 15.9. The molecule has 0 aliphatic carbocycles. The molecule has 3 N–H and O–H groups in total. The summed E-state index contributed by atoms with van der Waals surface area (Å²) in [6.45, 7) is 6.36. The molecule has 1 amide bonds. The highest BCUT2D eigenvalue weighted by molar-refractivity contribution is 7.13. The van der Waals surface area contributed by atoms with Crippen LogP contribution in [0.1, 0.15) is 39.3 Å². The highest BCUT2D eigenvalue weighted by atomic mass is 32.1. The molecule has 5 heteroatoms. The predicted octanol–water partition coefficient (Wildman–Crippen LogP) is 2.21. The second kappa shape index (κ2) is 6.59. The number of carbonyl (C=O) groups excluding carboxylic acids is 1. The van der Waals surface area contributed by atoms with Crippen LogP contribution in [0.3, 0.4) is 0 Å². The summed E-state index contributed by atoms with van der Waals surface area (Å²) < 4.78 is 0. The van der Waals surface area contributed by atoms with Gasteiger partial charge in [0, 0.05) is 11.4 Å². The minimum absolute atomic E-state index is 0.0229. The number of nitrogens with one attached hydrogen (secondary N) is 1. The molecule has 0 saturated carbocycles. The lowest BCUT2D eigenvalue weighted by atomic mass is 9.95. The molecule has 0 bridgehead atoms. The normalized spacial score (nSPS) is 12.7. The van der Waals surface area contributed by atoms with E-state index in [2.05, 4.69) is 31.1 Å². The van der Waals surface area contributed by atoms with Crippen LogP contribution in [0.4, 0.5) is 5.13 Å². The average molecular weight is 255 g/mol. The Hall–Kier alpha value is -1.10. The van der Waals surface area contributed by atoms with Gasteiger partial charge in [0.15, 0.2) is 5.13 Å². The van der Waals surface area contributed by atoms with Gasteiger partial charge in [0.2, 0.25) is 5.91 Å². The molecular formula is C12H21N3OS.